The Labute approximate surface area is 235 Å². The van der Waals surface area contributed by atoms with Crippen molar-refractivity contribution in [2.75, 3.05) is 13.7 Å². The van der Waals surface area contributed by atoms with Crippen LogP contribution in [0, 0.1) is 6.92 Å². The van der Waals surface area contributed by atoms with Crippen LogP contribution in [-0.2, 0) is 4.79 Å². The van der Waals surface area contributed by atoms with Crippen molar-refractivity contribution in [3.8, 4) is 22.8 Å². The fourth-order valence-electron chi connectivity index (χ4n) is 4.68. The van der Waals surface area contributed by atoms with E-state index in [1.54, 1.807) is 55.6 Å². The lowest BCUT2D eigenvalue weighted by atomic mass is 10.1. The molecule has 1 aliphatic heterocycles. The van der Waals surface area contributed by atoms with Crippen LogP contribution in [0.15, 0.2) is 106 Å². The van der Waals surface area contributed by atoms with Crippen LogP contribution in [0.5, 0.6) is 11.5 Å². The highest BCUT2D eigenvalue weighted by molar-refractivity contribution is 6.22. The van der Waals surface area contributed by atoms with Gasteiger partial charge in [0, 0.05) is 17.0 Å². The molecule has 202 valence electrons. The first-order chi connectivity index (χ1) is 19.9. The predicted molar refractivity (Wildman–Crippen MR) is 152 cm³/mol. The van der Waals surface area contributed by atoms with Gasteiger partial charge in [-0.05, 0) is 79.7 Å². The van der Waals surface area contributed by atoms with E-state index in [0.717, 1.165) is 32.5 Å². The minimum absolute atomic E-state index is 0.272. The number of carbonyl (C=O) groups is 3. The van der Waals surface area contributed by atoms with Gasteiger partial charge in [-0.1, -0.05) is 23.8 Å². The number of imide groups is 1. The fourth-order valence-corrected chi connectivity index (χ4v) is 4.68. The van der Waals surface area contributed by atoms with Crippen LogP contribution < -0.4 is 14.8 Å². The number of esters is 1. The first-order valence-corrected chi connectivity index (χ1v) is 12.9. The van der Waals surface area contributed by atoms with E-state index in [-0.39, 0.29) is 16.9 Å². The molecule has 0 spiro atoms. The average Bonchev–Trinajstić information content (AvgIpc) is 3.23. The number of rotatable bonds is 6. The van der Waals surface area contributed by atoms with E-state index >= 15 is 0 Å². The van der Waals surface area contributed by atoms with Crippen molar-refractivity contribution in [2.45, 2.75) is 6.92 Å². The Balaban J connectivity index is 1.24. The van der Waals surface area contributed by atoms with Crippen molar-refractivity contribution in [3.05, 3.63) is 119 Å². The van der Waals surface area contributed by atoms with Crippen molar-refractivity contribution in [2.24, 2.45) is 4.99 Å². The van der Waals surface area contributed by atoms with Gasteiger partial charge in [-0.15, -0.1) is 0 Å². The first kappa shape index (κ1) is 25.8. The molecule has 0 saturated carbocycles. The van der Waals surface area contributed by atoms with Crippen LogP contribution in [0.25, 0.3) is 22.3 Å². The summed E-state index contributed by atoms with van der Waals surface area (Å²) in [7, 11) is 1.62. The van der Waals surface area contributed by atoms with Crippen LogP contribution in [0.2, 0.25) is 0 Å². The number of aryl methyl sites for hydroxylation is 1. The van der Waals surface area contributed by atoms with E-state index in [0.29, 0.717) is 17.0 Å². The molecule has 2 heterocycles. The average molecular weight is 545 g/mol. The molecule has 5 aromatic rings. The fraction of sp³-hybridized carbons (Fsp3) is 0.0909. The molecule has 0 N–H and O–H groups in total. The van der Waals surface area contributed by atoms with Crippen molar-refractivity contribution in [1.29, 1.82) is 0 Å². The monoisotopic (exact) mass is 544 g/mol. The number of nitrogens with zero attached hydrogens (tertiary/aromatic N) is 2. The van der Waals surface area contributed by atoms with E-state index in [2.05, 4.69) is 0 Å². The molecular formula is C33H24N2O6. The van der Waals surface area contributed by atoms with Crippen LogP contribution >= 0.6 is 0 Å². The maximum atomic E-state index is 12.6. The Morgan fingerprint density at radius 3 is 2.15 bits per heavy atom. The minimum Gasteiger partial charge on any atom is -0.497 e. The summed E-state index contributed by atoms with van der Waals surface area (Å²) in [5, 5.41) is 1.58. The van der Waals surface area contributed by atoms with Crippen molar-refractivity contribution >= 4 is 34.4 Å². The van der Waals surface area contributed by atoms with Gasteiger partial charge in [0.05, 0.1) is 29.3 Å². The van der Waals surface area contributed by atoms with Gasteiger partial charge in [-0.2, -0.15) is 0 Å². The summed E-state index contributed by atoms with van der Waals surface area (Å²) in [6, 6.07) is 28.6. The molecule has 1 aromatic heterocycles. The van der Waals surface area contributed by atoms with Crippen LogP contribution in [0.1, 0.15) is 26.3 Å². The number of methoxy groups -OCH3 is 1. The Morgan fingerprint density at radius 1 is 0.829 bits per heavy atom. The van der Waals surface area contributed by atoms with Crippen LogP contribution in [0.3, 0.4) is 0 Å². The molecule has 0 atom stereocenters. The van der Waals surface area contributed by atoms with Gasteiger partial charge in [0.1, 0.15) is 29.4 Å². The second kappa shape index (κ2) is 10.6. The highest BCUT2D eigenvalue weighted by Crippen LogP contribution is 2.26. The van der Waals surface area contributed by atoms with Gasteiger partial charge in [-0.25, -0.2) is 9.79 Å². The second-order valence-electron chi connectivity index (χ2n) is 9.55. The maximum Gasteiger partial charge on any atom is 0.331 e. The SMILES string of the molecule is COc1ccc(-c2cc(=Nc3ccc(OC(=O)CN4C(=O)c5ccccc5C4=O)cc3)c3cc(C)ccc3o2)cc1. The lowest BCUT2D eigenvalue weighted by Gasteiger charge is -2.13. The summed E-state index contributed by atoms with van der Waals surface area (Å²) < 4.78 is 16.9. The topological polar surface area (TPSA) is 98.4 Å². The molecule has 0 fully saturated rings. The van der Waals surface area contributed by atoms with Gasteiger partial charge in [0.15, 0.2) is 0 Å². The highest BCUT2D eigenvalue weighted by atomic mass is 16.5. The summed E-state index contributed by atoms with van der Waals surface area (Å²) in [6.45, 7) is 1.52. The first-order valence-electron chi connectivity index (χ1n) is 12.9. The van der Waals surface area contributed by atoms with E-state index in [9.17, 15) is 14.4 Å². The van der Waals surface area contributed by atoms with Crippen molar-refractivity contribution < 1.29 is 28.3 Å². The van der Waals surface area contributed by atoms with E-state index in [4.69, 9.17) is 18.9 Å². The smallest absolute Gasteiger partial charge is 0.331 e. The maximum absolute atomic E-state index is 12.6. The third-order valence-corrected chi connectivity index (χ3v) is 6.76. The number of amides is 2. The van der Waals surface area contributed by atoms with E-state index in [1.165, 1.54) is 0 Å². The molecule has 8 nitrogen and oxygen atoms in total. The lowest BCUT2D eigenvalue weighted by molar-refractivity contribution is -0.134. The number of hydrogen-bond donors (Lipinski definition) is 0. The number of carbonyl (C=O) groups excluding carboxylic acids is 3. The molecule has 4 aromatic carbocycles. The highest BCUT2D eigenvalue weighted by Gasteiger charge is 2.36. The standard InChI is InChI=1S/C33H24N2O6/c1-20-7-16-29-27(17-20)28(18-30(41-29)21-8-12-23(39-2)13-9-21)34-22-10-14-24(15-11-22)40-31(36)19-35-32(37)25-5-3-4-6-26(25)33(35)38/h3-18H,19H2,1-2H3. The van der Waals surface area contributed by atoms with Gasteiger partial charge in [0.2, 0.25) is 0 Å². The zero-order valence-corrected chi connectivity index (χ0v) is 22.3. The Hall–Kier alpha value is -5.50. The number of hydrogen-bond acceptors (Lipinski definition) is 7. The van der Waals surface area contributed by atoms with E-state index < -0.39 is 24.3 Å². The van der Waals surface area contributed by atoms with Gasteiger partial charge >= 0.3 is 5.97 Å². The molecule has 0 aliphatic carbocycles. The van der Waals surface area contributed by atoms with Gasteiger partial charge in [-0.3, -0.25) is 14.5 Å². The third-order valence-electron chi connectivity index (χ3n) is 6.76. The quantitative estimate of drug-likeness (QED) is 0.151. The van der Waals surface area contributed by atoms with E-state index in [1.807, 2.05) is 55.5 Å². The number of fused-ring (bicyclic) bond motifs is 2. The zero-order valence-electron chi connectivity index (χ0n) is 22.3. The molecule has 0 bridgehead atoms. The molecule has 6 rings (SSSR count). The molecule has 1 aliphatic rings. The molecule has 0 radical (unpaired) electrons. The summed E-state index contributed by atoms with van der Waals surface area (Å²) in [4.78, 5) is 43.4. The normalized spacial score (nSPS) is 13.0. The summed E-state index contributed by atoms with van der Waals surface area (Å²) in [5.41, 5.74) is 3.85. The Bertz CT molecular complexity index is 1850. The summed E-state index contributed by atoms with van der Waals surface area (Å²) >= 11 is 0. The third kappa shape index (κ3) is 5.10. The molecule has 0 saturated heterocycles. The lowest BCUT2D eigenvalue weighted by Crippen LogP contribution is -2.36. The molecule has 41 heavy (non-hydrogen) atoms. The van der Waals surface area contributed by atoms with Gasteiger partial charge in [0.25, 0.3) is 11.8 Å². The second-order valence-corrected chi connectivity index (χ2v) is 9.55. The number of ether oxygens (including phenoxy) is 2. The van der Waals surface area contributed by atoms with Crippen molar-refractivity contribution in [1.82, 2.24) is 4.90 Å². The van der Waals surface area contributed by atoms with Gasteiger partial charge < -0.3 is 13.9 Å². The zero-order chi connectivity index (χ0) is 28.5. The summed E-state index contributed by atoms with van der Waals surface area (Å²) in [6.07, 6.45) is 0. The Kier molecular flexibility index (Phi) is 6.65. The largest absolute Gasteiger partial charge is 0.497 e. The summed E-state index contributed by atoms with van der Waals surface area (Å²) in [5.74, 6) is -0.0701. The molecular weight excluding hydrogens is 520 g/mol. The molecule has 2 amide bonds. The number of benzene rings is 4. The molecule has 0 unspecified atom stereocenters. The minimum atomic E-state index is -0.723. The predicted octanol–water partition coefficient (Wildman–Crippen LogP) is 5.85. The molecule has 8 heteroatoms. The van der Waals surface area contributed by atoms with Crippen LogP contribution in [-0.4, -0.2) is 36.3 Å². The van der Waals surface area contributed by atoms with Crippen LogP contribution in [0.4, 0.5) is 5.69 Å². The Morgan fingerprint density at radius 2 is 1.49 bits per heavy atom. The van der Waals surface area contributed by atoms with Crippen molar-refractivity contribution in [3.63, 3.8) is 0 Å².